The van der Waals surface area contributed by atoms with Crippen molar-refractivity contribution in [3.05, 3.63) is 36.5 Å². The lowest BCUT2D eigenvalue weighted by molar-refractivity contribution is 0.110. The fraction of sp³-hybridized carbons (Fsp3) is 0.538. The smallest absolute Gasteiger partial charge is 0.222 e. The number of nitrogens with zero attached hydrogens (tertiary/aromatic N) is 5. The molecule has 1 aliphatic heterocycles. The van der Waals surface area contributed by atoms with Crippen LogP contribution in [-0.4, -0.2) is 81.4 Å². The van der Waals surface area contributed by atoms with Gasteiger partial charge in [-0.3, -0.25) is 4.98 Å². The zero-order valence-electron chi connectivity index (χ0n) is 21.2. The first kappa shape index (κ1) is 25.8. The summed E-state index contributed by atoms with van der Waals surface area (Å²) in [6, 6.07) is 4.44. The first-order valence-corrected chi connectivity index (χ1v) is 12.5. The molecule has 2 aromatic rings. The molecular weight excluding hydrogens is 460 g/mol. The number of aromatic nitrogens is 2. The lowest BCUT2D eigenvalue weighted by atomic mass is 9.93. The molecule has 0 unspecified atom stereocenters. The summed E-state index contributed by atoms with van der Waals surface area (Å²) < 4.78 is 22.5. The summed E-state index contributed by atoms with van der Waals surface area (Å²) >= 11 is 0. The number of hydrogen-bond donors (Lipinski definition) is 1. The molecular formula is C26H36N6O4. The Hall–Kier alpha value is -3.24. The van der Waals surface area contributed by atoms with Gasteiger partial charge >= 0.3 is 0 Å². The summed E-state index contributed by atoms with van der Waals surface area (Å²) in [6.07, 6.45) is 8.92. The van der Waals surface area contributed by atoms with Gasteiger partial charge in [0, 0.05) is 50.4 Å². The van der Waals surface area contributed by atoms with Crippen molar-refractivity contribution in [2.45, 2.75) is 44.8 Å². The van der Waals surface area contributed by atoms with E-state index in [2.05, 4.69) is 49.0 Å². The largest absolute Gasteiger partial charge is 0.494 e. The summed E-state index contributed by atoms with van der Waals surface area (Å²) in [5.41, 5.74) is 2.75. The average molecular weight is 497 g/mol. The van der Waals surface area contributed by atoms with Gasteiger partial charge in [0.25, 0.3) is 0 Å². The van der Waals surface area contributed by atoms with E-state index in [1.807, 2.05) is 6.92 Å². The molecule has 10 heteroatoms. The van der Waals surface area contributed by atoms with Gasteiger partial charge in [0.1, 0.15) is 23.6 Å². The van der Waals surface area contributed by atoms with E-state index in [4.69, 9.17) is 18.9 Å². The van der Waals surface area contributed by atoms with Gasteiger partial charge in [-0.1, -0.05) is 0 Å². The van der Waals surface area contributed by atoms with E-state index >= 15 is 0 Å². The SMILES string of the molecule is C=N/C(=N\C=C(/C)OCCOC)N[C@H]1CC[C@@H](Oc2cc(N3CCOCC3)cc3nccnc23)CC1. The maximum atomic E-state index is 6.51. The van der Waals surface area contributed by atoms with Crippen LogP contribution in [0.5, 0.6) is 5.75 Å². The monoisotopic (exact) mass is 496 g/mol. The highest BCUT2D eigenvalue weighted by Gasteiger charge is 2.24. The molecule has 194 valence electrons. The van der Waals surface area contributed by atoms with Gasteiger partial charge in [-0.2, -0.15) is 0 Å². The average Bonchev–Trinajstić information content (AvgIpc) is 2.92. The van der Waals surface area contributed by atoms with Crippen LogP contribution in [0.1, 0.15) is 32.6 Å². The van der Waals surface area contributed by atoms with Crippen LogP contribution in [0, 0.1) is 0 Å². The number of nitrogens with one attached hydrogen (secondary N) is 1. The van der Waals surface area contributed by atoms with Crippen molar-refractivity contribution in [3.8, 4) is 5.75 Å². The normalized spacial score (nSPS) is 21.3. The number of methoxy groups -OCH3 is 1. The number of benzene rings is 1. The Balaban J connectivity index is 1.35. The third-order valence-corrected chi connectivity index (χ3v) is 6.34. The van der Waals surface area contributed by atoms with E-state index in [0.717, 1.165) is 74.5 Å². The van der Waals surface area contributed by atoms with Crippen molar-refractivity contribution in [1.82, 2.24) is 15.3 Å². The molecule has 0 atom stereocenters. The second-order valence-corrected chi connectivity index (χ2v) is 8.90. The molecule has 2 fully saturated rings. The molecule has 0 amide bonds. The van der Waals surface area contributed by atoms with Crippen LogP contribution >= 0.6 is 0 Å². The Morgan fingerprint density at radius 3 is 2.69 bits per heavy atom. The summed E-state index contributed by atoms with van der Waals surface area (Å²) in [5, 5.41) is 3.39. The van der Waals surface area contributed by atoms with Crippen LogP contribution in [0.25, 0.3) is 11.0 Å². The van der Waals surface area contributed by atoms with Crippen LogP contribution < -0.4 is 15.0 Å². The van der Waals surface area contributed by atoms with Crippen LogP contribution in [0.4, 0.5) is 5.69 Å². The number of rotatable bonds is 9. The van der Waals surface area contributed by atoms with Crippen molar-refractivity contribution in [1.29, 1.82) is 0 Å². The second-order valence-electron chi connectivity index (χ2n) is 8.90. The molecule has 1 saturated heterocycles. The summed E-state index contributed by atoms with van der Waals surface area (Å²) in [5.74, 6) is 1.98. The molecule has 4 rings (SSSR count). The number of guanidine groups is 1. The first-order valence-electron chi connectivity index (χ1n) is 12.5. The van der Waals surface area contributed by atoms with E-state index < -0.39 is 0 Å². The number of fused-ring (bicyclic) bond motifs is 1. The number of aliphatic imine (C=N–C) groups is 2. The lowest BCUT2D eigenvalue weighted by Crippen LogP contribution is -2.39. The highest BCUT2D eigenvalue weighted by atomic mass is 16.5. The minimum absolute atomic E-state index is 0.113. The molecule has 1 aromatic carbocycles. The number of hydrogen-bond acceptors (Lipinski definition) is 8. The van der Waals surface area contributed by atoms with E-state index in [-0.39, 0.29) is 12.1 Å². The molecule has 36 heavy (non-hydrogen) atoms. The van der Waals surface area contributed by atoms with Gasteiger partial charge in [0.2, 0.25) is 5.96 Å². The lowest BCUT2D eigenvalue weighted by Gasteiger charge is -2.31. The number of anilines is 1. The Kier molecular flexibility index (Phi) is 9.46. The van der Waals surface area contributed by atoms with Gasteiger partial charge in [0.05, 0.1) is 37.6 Å². The van der Waals surface area contributed by atoms with Crippen LogP contribution in [-0.2, 0) is 14.2 Å². The van der Waals surface area contributed by atoms with E-state index in [1.54, 1.807) is 25.7 Å². The number of ether oxygens (including phenoxy) is 4. The Bertz CT molecular complexity index is 1060. The van der Waals surface area contributed by atoms with Crippen molar-refractivity contribution < 1.29 is 18.9 Å². The van der Waals surface area contributed by atoms with E-state index in [9.17, 15) is 0 Å². The molecule has 2 aliphatic rings. The van der Waals surface area contributed by atoms with E-state index in [1.165, 1.54) is 0 Å². The molecule has 10 nitrogen and oxygen atoms in total. The predicted octanol–water partition coefficient (Wildman–Crippen LogP) is 3.33. The van der Waals surface area contributed by atoms with E-state index in [0.29, 0.717) is 24.9 Å². The number of allylic oxidation sites excluding steroid dienone is 1. The molecule has 0 radical (unpaired) electrons. The molecule has 1 aliphatic carbocycles. The Morgan fingerprint density at radius 1 is 1.17 bits per heavy atom. The maximum absolute atomic E-state index is 6.51. The minimum atomic E-state index is 0.113. The van der Waals surface area contributed by atoms with Crippen molar-refractivity contribution in [2.75, 3.05) is 51.5 Å². The zero-order chi connectivity index (χ0) is 25.2. The van der Waals surface area contributed by atoms with Gasteiger partial charge in [0.15, 0.2) is 0 Å². The molecule has 0 spiro atoms. The topological polar surface area (TPSA) is 103 Å². The highest BCUT2D eigenvalue weighted by molar-refractivity contribution is 5.85. The second kappa shape index (κ2) is 13.2. The van der Waals surface area contributed by atoms with Crippen molar-refractivity contribution in [3.63, 3.8) is 0 Å². The first-order chi connectivity index (χ1) is 17.7. The minimum Gasteiger partial charge on any atom is -0.494 e. The third-order valence-electron chi connectivity index (χ3n) is 6.34. The van der Waals surface area contributed by atoms with Crippen LogP contribution in [0.3, 0.4) is 0 Å². The standard InChI is InChI=1S/C26H36N6O4/c1-19(35-15-14-33-3)18-30-26(27-2)31-20-4-6-22(7-5-20)36-24-17-21(32-10-12-34-13-11-32)16-23-25(24)29-9-8-28-23/h8-9,16-18,20,22H,2,4-7,10-15H2,1,3H3,(H,30,31)/b19-18+/t20-,22+. The summed E-state index contributed by atoms with van der Waals surface area (Å²) in [4.78, 5) is 19.8. The highest BCUT2D eigenvalue weighted by Crippen LogP contribution is 2.33. The molecule has 1 N–H and O–H groups in total. The van der Waals surface area contributed by atoms with Gasteiger partial charge in [-0.25, -0.2) is 15.0 Å². The van der Waals surface area contributed by atoms with Crippen molar-refractivity contribution in [2.24, 2.45) is 9.98 Å². The van der Waals surface area contributed by atoms with Crippen LogP contribution in [0.2, 0.25) is 0 Å². The maximum Gasteiger partial charge on any atom is 0.222 e. The summed E-state index contributed by atoms with van der Waals surface area (Å²) in [7, 11) is 1.64. The molecule has 2 heterocycles. The summed E-state index contributed by atoms with van der Waals surface area (Å²) in [6.45, 7) is 9.69. The Labute approximate surface area is 212 Å². The van der Waals surface area contributed by atoms with Crippen LogP contribution in [0.15, 0.2) is 46.5 Å². The quantitative estimate of drug-likeness (QED) is 0.244. The molecule has 1 aromatic heterocycles. The number of morpholine rings is 1. The van der Waals surface area contributed by atoms with Gasteiger partial charge in [-0.15, -0.1) is 0 Å². The fourth-order valence-corrected chi connectivity index (χ4v) is 4.41. The fourth-order valence-electron chi connectivity index (χ4n) is 4.41. The predicted molar refractivity (Wildman–Crippen MR) is 141 cm³/mol. The third kappa shape index (κ3) is 7.14. The zero-order valence-corrected chi connectivity index (χ0v) is 21.2. The van der Waals surface area contributed by atoms with Gasteiger partial charge < -0.3 is 29.2 Å². The van der Waals surface area contributed by atoms with Crippen molar-refractivity contribution >= 4 is 29.4 Å². The Morgan fingerprint density at radius 2 is 1.94 bits per heavy atom. The van der Waals surface area contributed by atoms with Gasteiger partial charge in [-0.05, 0) is 45.4 Å². The molecule has 1 saturated carbocycles. The molecule has 0 bridgehead atoms.